The number of carbonyl (C=O) groups excluding carboxylic acids is 1. The molecular formula is C30H31NO4. The zero-order valence-corrected chi connectivity index (χ0v) is 21.1. The van der Waals surface area contributed by atoms with Gasteiger partial charge < -0.3 is 19.2 Å². The average molecular weight is 470 g/mol. The molecule has 1 amide bonds. The number of ether oxygens (including phenoxy) is 2. The molecule has 35 heavy (non-hydrogen) atoms. The molecule has 0 aliphatic carbocycles. The minimum Gasteiger partial charge on any atom is -0.496 e. The fourth-order valence-corrected chi connectivity index (χ4v) is 4.51. The third-order valence-corrected chi connectivity index (χ3v) is 5.99. The number of anilines is 1. The number of benzene rings is 3. The molecule has 0 bridgehead atoms. The van der Waals surface area contributed by atoms with Crippen molar-refractivity contribution in [3.63, 3.8) is 0 Å². The van der Waals surface area contributed by atoms with Gasteiger partial charge >= 0.3 is 0 Å². The van der Waals surface area contributed by atoms with Crippen molar-refractivity contribution in [3.05, 3.63) is 83.1 Å². The van der Waals surface area contributed by atoms with Crippen molar-refractivity contribution in [1.82, 2.24) is 0 Å². The average Bonchev–Trinajstić information content (AvgIpc) is 3.24. The summed E-state index contributed by atoms with van der Waals surface area (Å²) in [5, 5.41) is 3.92. The van der Waals surface area contributed by atoms with Gasteiger partial charge in [0.2, 0.25) is 5.91 Å². The maximum atomic E-state index is 12.9. The van der Waals surface area contributed by atoms with Crippen molar-refractivity contribution in [2.45, 2.75) is 34.6 Å². The number of hydrogen-bond donors (Lipinski definition) is 1. The van der Waals surface area contributed by atoms with Crippen LogP contribution < -0.4 is 14.8 Å². The van der Waals surface area contributed by atoms with Crippen LogP contribution in [-0.4, -0.2) is 19.6 Å². The van der Waals surface area contributed by atoms with E-state index >= 15 is 0 Å². The first-order chi connectivity index (χ1) is 16.8. The monoisotopic (exact) mass is 469 g/mol. The van der Waals surface area contributed by atoms with Gasteiger partial charge in [-0.25, -0.2) is 0 Å². The Bertz CT molecular complexity index is 1410. The van der Waals surface area contributed by atoms with E-state index in [-0.39, 0.29) is 5.91 Å². The molecule has 0 saturated heterocycles. The smallest absolute Gasteiger partial charge is 0.248 e. The summed E-state index contributed by atoms with van der Waals surface area (Å²) in [5.41, 5.74) is 8.15. The van der Waals surface area contributed by atoms with Gasteiger partial charge in [0.1, 0.15) is 17.1 Å². The van der Waals surface area contributed by atoms with Gasteiger partial charge in [-0.2, -0.15) is 0 Å². The second-order valence-corrected chi connectivity index (χ2v) is 8.73. The molecular weight excluding hydrogens is 438 g/mol. The van der Waals surface area contributed by atoms with Crippen LogP contribution in [0.25, 0.3) is 27.7 Å². The molecule has 0 spiro atoms. The zero-order valence-electron chi connectivity index (χ0n) is 21.1. The quantitative estimate of drug-likeness (QED) is 0.285. The molecule has 0 atom stereocenters. The van der Waals surface area contributed by atoms with E-state index < -0.39 is 0 Å². The first kappa shape index (κ1) is 24.1. The van der Waals surface area contributed by atoms with Gasteiger partial charge in [0, 0.05) is 39.4 Å². The fourth-order valence-electron chi connectivity index (χ4n) is 4.51. The fraction of sp³-hybridized carbons (Fsp3) is 0.233. The minimum absolute atomic E-state index is 0.190. The van der Waals surface area contributed by atoms with Gasteiger partial charge in [-0.05, 0) is 75.6 Å². The number of amides is 1. The summed E-state index contributed by atoms with van der Waals surface area (Å²) in [4.78, 5) is 12.9. The Morgan fingerprint density at radius 2 is 1.74 bits per heavy atom. The number of aryl methyl sites for hydroxylation is 3. The molecule has 0 radical (unpaired) electrons. The highest BCUT2D eigenvalue weighted by Gasteiger charge is 2.20. The van der Waals surface area contributed by atoms with Crippen LogP contribution in [0.1, 0.15) is 36.1 Å². The van der Waals surface area contributed by atoms with Gasteiger partial charge in [-0.15, -0.1) is 0 Å². The lowest BCUT2D eigenvalue weighted by molar-refractivity contribution is -0.111. The van der Waals surface area contributed by atoms with E-state index in [1.807, 2.05) is 77.1 Å². The molecule has 1 N–H and O–H groups in total. The molecule has 0 unspecified atom stereocenters. The summed E-state index contributed by atoms with van der Waals surface area (Å²) in [7, 11) is 1.66. The molecule has 0 fully saturated rings. The molecule has 1 heterocycles. The van der Waals surface area contributed by atoms with Crippen molar-refractivity contribution in [2.75, 3.05) is 19.0 Å². The van der Waals surface area contributed by atoms with Crippen LogP contribution in [-0.2, 0) is 4.79 Å². The number of furan rings is 1. The number of fused-ring (bicyclic) bond motifs is 1. The lowest BCUT2D eigenvalue weighted by Crippen LogP contribution is -2.09. The van der Waals surface area contributed by atoms with Gasteiger partial charge in [0.15, 0.2) is 0 Å². The van der Waals surface area contributed by atoms with Crippen molar-refractivity contribution in [1.29, 1.82) is 0 Å². The Morgan fingerprint density at radius 3 is 2.43 bits per heavy atom. The molecule has 3 aromatic carbocycles. The van der Waals surface area contributed by atoms with E-state index in [2.05, 4.69) is 11.4 Å². The SMILES string of the molecule is CCOc1c(/C(C)=C/C(=O)Nc2cc(C)cc(C)c2)cc2c(-c3ccccc3OC)coc2c1C. The summed E-state index contributed by atoms with van der Waals surface area (Å²) in [6.07, 6.45) is 3.37. The van der Waals surface area contributed by atoms with Crippen molar-refractivity contribution in [3.8, 4) is 22.6 Å². The van der Waals surface area contributed by atoms with Crippen LogP contribution in [0.3, 0.4) is 0 Å². The molecule has 4 rings (SSSR count). The zero-order chi connectivity index (χ0) is 25.1. The van der Waals surface area contributed by atoms with E-state index in [1.54, 1.807) is 19.4 Å². The molecule has 4 aromatic rings. The number of allylic oxidation sites excluding steroid dienone is 1. The predicted octanol–water partition coefficient (Wildman–Crippen LogP) is 7.47. The Morgan fingerprint density at radius 1 is 1.03 bits per heavy atom. The van der Waals surface area contributed by atoms with E-state index in [1.165, 1.54) is 0 Å². The highest BCUT2D eigenvalue weighted by Crippen LogP contribution is 2.42. The molecule has 0 aliphatic heterocycles. The third kappa shape index (κ3) is 4.94. The van der Waals surface area contributed by atoms with Crippen LogP contribution in [0.2, 0.25) is 0 Å². The van der Waals surface area contributed by atoms with Gasteiger partial charge in [0.25, 0.3) is 0 Å². The van der Waals surface area contributed by atoms with Crippen LogP contribution in [0.5, 0.6) is 11.5 Å². The Hall–Kier alpha value is -3.99. The van der Waals surface area contributed by atoms with E-state index in [0.29, 0.717) is 12.4 Å². The van der Waals surface area contributed by atoms with E-state index in [9.17, 15) is 4.79 Å². The number of hydrogen-bond acceptors (Lipinski definition) is 4. The molecule has 5 nitrogen and oxygen atoms in total. The summed E-state index contributed by atoms with van der Waals surface area (Å²) in [5.74, 6) is 1.29. The highest BCUT2D eigenvalue weighted by atomic mass is 16.5. The summed E-state index contributed by atoms with van der Waals surface area (Å²) >= 11 is 0. The van der Waals surface area contributed by atoms with Crippen molar-refractivity contribution in [2.24, 2.45) is 0 Å². The van der Waals surface area contributed by atoms with Gasteiger partial charge in [0.05, 0.1) is 20.0 Å². The topological polar surface area (TPSA) is 60.7 Å². The van der Waals surface area contributed by atoms with Crippen LogP contribution in [0, 0.1) is 20.8 Å². The highest BCUT2D eigenvalue weighted by molar-refractivity contribution is 6.06. The number of carbonyl (C=O) groups is 1. The summed E-state index contributed by atoms with van der Waals surface area (Å²) in [6, 6.07) is 15.9. The first-order valence-electron chi connectivity index (χ1n) is 11.7. The second kappa shape index (κ2) is 10.1. The maximum Gasteiger partial charge on any atom is 0.248 e. The first-order valence-corrected chi connectivity index (χ1v) is 11.7. The van der Waals surface area contributed by atoms with Crippen LogP contribution in [0.4, 0.5) is 5.69 Å². The van der Waals surface area contributed by atoms with Gasteiger partial charge in [-0.1, -0.05) is 24.3 Å². The lowest BCUT2D eigenvalue weighted by atomic mass is 9.96. The normalized spacial score (nSPS) is 11.5. The van der Waals surface area contributed by atoms with Crippen molar-refractivity contribution >= 4 is 28.1 Å². The third-order valence-electron chi connectivity index (χ3n) is 5.99. The van der Waals surface area contributed by atoms with E-state index in [0.717, 1.165) is 61.4 Å². The lowest BCUT2D eigenvalue weighted by Gasteiger charge is -2.15. The largest absolute Gasteiger partial charge is 0.496 e. The Balaban J connectivity index is 1.80. The van der Waals surface area contributed by atoms with Crippen LogP contribution in [0.15, 0.2) is 65.3 Å². The number of rotatable bonds is 7. The summed E-state index contributed by atoms with van der Waals surface area (Å²) < 4.78 is 17.6. The molecule has 180 valence electrons. The van der Waals surface area contributed by atoms with Crippen molar-refractivity contribution < 1.29 is 18.7 Å². The Kier molecular flexibility index (Phi) is 6.97. The standard InChI is InChI=1S/C30H31NO4/c1-7-34-29-21(5)30-25(26(17-35-30)23-10-8-9-11-27(23)33-6)16-24(29)20(4)15-28(32)31-22-13-18(2)12-19(3)14-22/h8-17H,7H2,1-6H3,(H,31,32)/b20-15+. The van der Waals surface area contributed by atoms with Crippen LogP contribution >= 0.6 is 0 Å². The number of para-hydroxylation sites is 1. The van der Waals surface area contributed by atoms with E-state index in [4.69, 9.17) is 13.9 Å². The predicted molar refractivity (Wildman–Crippen MR) is 142 cm³/mol. The summed E-state index contributed by atoms with van der Waals surface area (Å²) in [6.45, 7) is 10.4. The molecule has 0 aliphatic rings. The Labute approximate surface area is 206 Å². The number of nitrogens with one attached hydrogen (secondary N) is 1. The molecule has 0 saturated carbocycles. The molecule has 1 aromatic heterocycles. The maximum absolute atomic E-state index is 12.9. The number of methoxy groups -OCH3 is 1. The minimum atomic E-state index is -0.190. The molecule has 5 heteroatoms. The van der Waals surface area contributed by atoms with Gasteiger partial charge in [-0.3, -0.25) is 4.79 Å². The second-order valence-electron chi connectivity index (χ2n) is 8.73.